The van der Waals surface area contributed by atoms with E-state index in [4.69, 9.17) is 0 Å². The Morgan fingerprint density at radius 2 is 2.00 bits per heavy atom. The van der Waals surface area contributed by atoms with Gasteiger partial charge in [-0.05, 0) is 36.5 Å². The Labute approximate surface area is 103 Å². The highest BCUT2D eigenvalue weighted by atomic mass is 32.2. The lowest BCUT2D eigenvalue weighted by atomic mass is 9.88. The maximum Gasteiger partial charge on any atom is 0.214 e. The number of fused-ring (bicyclic) bond motifs is 1. The van der Waals surface area contributed by atoms with Crippen molar-refractivity contribution in [3.8, 4) is 0 Å². The van der Waals surface area contributed by atoms with Gasteiger partial charge in [-0.3, -0.25) is 0 Å². The lowest BCUT2D eigenvalue weighted by Crippen LogP contribution is -2.45. The summed E-state index contributed by atoms with van der Waals surface area (Å²) >= 11 is 0. The van der Waals surface area contributed by atoms with Gasteiger partial charge >= 0.3 is 0 Å². The molecule has 0 aromatic rings. The van der Waals surface area contributed by atoms with Crippen LogP contribution in [0.25, 0.3) is 0 Å². The van der Waals surface area contributed by atoms with Crippen LogP contribution in [0.5, 0.6) is 0 Å². The first-order valence-electron chi connectivity index (χ1n) is 6.57. The maximum absolute atomic E-state index is 12.3. The monoisotopic (exact) mass is 259 g/mol. The molecule has 0 spiro atoms. The van der Waals surface area contributed by atoms with E-state index in [2.05, 4.69) is 0 Å². The molecule has 0 radical (unpaired) electrons. The van der Waals surface area contributed by atoms with E-state index in [-0.39, 0.29) is 17.7 Å². The van der Waals surface area contributed by atoms with Gasteiger partial charge in [0.1, 0.15) is 0 Å². The highest BCUT2D eigenvalue weighted by molar-refractivity contribution is 7.89. The summed E-state index contributed by atoms with van der Waals surface area (Å²) in [5, 5.41) is 10.2. The van der Waals surface area contributed by atoms with Crippen molar-refractivity contribution < 1.29 is 13.5 Å². The van der Waals surface area contributed by atoms with Gasteiger partial charge in [-0.2, -0.15) is 4.31 Å². The number of nitrogens with zero attached hydrogens (tertiary/aromatic N) is 1. The topological polar surface area (TPSA) is 57.6 Å². The zero-order chi connectivity index (χ0) is 12.4. The fourth-order valence-corrected chi connectivity index (χ4v) is 6.30. The van der Waals surface area contributed by atoms with E-state index < -0.39 is 16.1 Å². The standard InChI is InChI=1S/C12H21NO3S/c1-7(2)6-17(15,16)13-5-9-3-8-4-10(9)11(13)12(8)14/h7-12,14H,3-6H2,1-2H3. The van der Waals surface area contributed by atoms with Crippen LogP contribution in [0.2, 0.25) is 0 Å². The van der Waals surface area contributed by atoms with Gasteiger partial charge in [0.15, 0.2) is 0 Å². The SMILES string of the molecule is CC(C)CS(=O)(=O)N1CC2CC3CC2C1C3O. The number of rotatable bonds is 3. The van der Waals surface area contributed by atoms with Crippen LogP contribution in [0, 0.1) is 23.7 Å². The van der Waals surface area contributed by atoms with E-state index >= 15 is 0 Å². The summed E-state index contributed by atoms with van der Waals surface area (Å²) in [5.41, 5.74) is 0. The first-order chi connectivity index (χ1) is 7.90. The molecule has 1 aliphatic heterocycles. The molecule has 1 saturated heterocycles. The predicted octanol–water partition coefficient (Wildman–Crippen LogP) is 0.673. The van der Waals surface area contributed by atoms with Gasteiger partial charge in [-0.1, -0.05) is 13.8 Å². The van der Waals surface area contributed by atoms with Crippen molar-refractivity contribution in [2.75, 3.05) is 12.3 Å². The van der Waals surface area contributed by atoms with Gasteiger partial charge in [0.25, 0.3) is 0 Å². The van der Waals surface area contributed by atoms with Gasteiger partial charge in [0, 0.05) is 6.54 Å². The summed E-state index contributed by atoms with van der Waals surface area (Å²) in [4.78, 5) is 0. The Kier molecular flexibility index (Phi) is 2.58. The van der Waals surface area contributed by atoms with Gasteiger partial charge in [0.05, 0.1) is 17.9 Å². The van der Waals surface area contributed by atoms with Crippen molar-refractivity contribution >= 4 is 10.0 Å². The second kappa shape index (κ2) is 3.68. The van der Waals surface area contributed by atoms with Crippen molar-refractivity contribution in [3.63, 3.8) is 0 Å². The molecule has 2 bridgehead atoms. The van der Waals surface area contributed by atoms with E-state index in [9.17, 15) is 13.5 Å². The Bertz CT molecular complexity index is 417. The zero-order valence-electron chi connectivity index (χ0n) is 10.4. The molecule has 0 aromatic heterocycles. The van der Waals surface area contributed by atoms with Crippen LogP contribution in [0.4, 0.5) is 0 Å². The number of aliphatic hydroxyl groups excluding tert-OH is 1. The summed E-state index contributed by atoms with van der Waals surface area (Å²) in [6, 6.07) is -0.109. The molecule has 1 N–H and O–H groups in total. The van der Waals surface area contributed by atoms with E-state index in [1.165, 1.54) is 0 Å². The lowest BCUT2D eigenvalue weighted by Gasteiger charge is -2.28. The average molecular weight is 259 g/mol. The van der Waals surface area contributed by atoms with Gasteiger partial charge < -0.3 is 5.11 Å². The van der Waals surface area contributed by atoms with Gasteiger partial charge in [-0.25, -0.2) is 8.42 Å². The molecular weight excluding hydrogens is 238 g/mol. The highest BCUT2D eigenvalue weighted by Crippen LogP contribution is 2.55. The van der Waals surface area contributed by atoms with E-state index in [0.29, 0.717) is 24.3 Å². The van der Waals surface area contributed by atoms with Crippen molar-refractivity contribution in [1.82, 2.24) is 4.31 Å². The minimum absolute atomic E-state index is 0.109. The number of aliphatic hydroxyl groups is 1. The third-order valence-electron chi connectivity index (χ3n) is 4.71. The van der Waals surface area contributed by atoms with Gasteiger partial charge in [0.2, 0.25) is 10.0 Å². The third-order valence-corrected chi connectivity index (χ3v) is 6.90. The number of sulfonamides is 1. The summed E-state index contributed by atoms with van der Waals surface area (Å²) in [5.74, 6) is 1.65. The molecule has 0 amide bonds. The van der Waals surface area contributed by atoms with Crippen LogP contribution in [-0.4, -0.2) is 42.3 Å². The fourth-order valence-electron chi connectivity index (χ4n) is 4.19. The van der Waals surface area contributed by atoms with E-state index in [1.807, 2.05) is 13.8 Å². The first-order valence-corrected chi connectivity index (χ1v) is 8.18. The van der Waals surface area contributed by atoms with Crippen molar-refractivity contribution in [1.29, 1.82) is 0 Å². The average Bonchev–Trinajstić information content (AvgIpc) is 2.73. The van der Waals surface area contributed by atoms with Crippen LogP contribution in [0.1, 0.15) is 26.7 Å². The molecular formula is C12H21NO3S. The Balaban J connectivity index is 1.87. The number of hydrogen-bond acceptors (Lipinski definition) is 3. The molecule has 4 nitrogen and oxygen atoms in total. The molecule has 2 saturated carbocycles. The van der Waals surface area contributed by atoms with Crippen molar-refractivity contribution in [2.24, 2.45) is 23.7 Å². The normalized spacial score (nSPS) is 45.1. The molecule has 17 heavy (non-hydrogen) atoms. The Morgan fingerprint density at radius 3 is 2.59 bits per heavy atom. The highest BCUT2D eigenvalue weighted by Gasteiger charge is 2.61. The quantitative estimate of drug-likeness (QED) is 0.810. The van der Waals surface area contributed by atoms with Crippen LogP contribution < -0.4 is 0 Å². The first kappa shape index (κ1) is 11.9. The van der Waals surface area contributed by atoms with Crippen LogP contribution in [-0.2, 0) is 10.0 Å². The Morgan fingerprint density at radius 1 is 1.29 bits per heavy atom. The number of hydrogen-bond donors (Lipinski definition) is 1. The molecule has 98 valence electrons. The van der Waals surface area contributed by atoms with E-state index in [0.717, 1.165) is 12.8 Å². The summed E-state index contributed by atoms with van der Waals surface area (Å²) < 4.78 is 26.2. The van der Waals surface area contributed by atoms with Crippen LogP contribution in [0.3, 0.4) is 0 Å². The molecule has 2 aliphatic carbocycles. The molecule has 1 heterocycles. The molecule has 5 unspecified atom stereocenters. The minimum atomic E-state index is -3.18. The summed E-state index contributed by atoms with van der Waals surface area (Å²) in [7, 11) is -3.18. The lowest BCUT2D eigenvalue weighted by molar-refractivity contribution is 0.0730. The molecule has 0 aromatic carbocycles. The van der Waals surface area contributed by atoms with Crippen molar-refractivity contribution in [2.45, 2.75) is 38.8 Å². The summed E-state index contributed by atoms with van der Waals surface area (Å²) in [6.45, 7) is 4.50. The maximum atomic E-state index is 12.3. The largest absolute Gasteiger partial charge is 0.391 e. The van der Waals surface area contributed by atoms with Crippen LogP contribution in [0.15, 0.2) is 0 Å². The Hall–Kier alpha value is -0.130. The second-order valence-corrected chi connectivity index (χ2v) is 8.34. The zero-order valence-corrected chi connectivity index (χ0v) is 11.2. The molecule has 5 heteroatoms. The molecule has 3 aliphatic rings. The predicted molar refractivity (Wildman–Crippen MR) is 64.8 cm³/mol. The smallest absolute Gasteiger partial charge is 0.214 e. The van der Waals surface area contributed by atoms with E-state index in [1.54, 1.807) is 4.31 Å². The van der Waals surface area contributed by atoms with Crippen molar-refractivity contribution in [3.05, 3.63) is 0 Å². The molecule has 3 fully saturated rings. The molecule has 3 rings (SSSR count). The van der Waals surface area contributed by atoms with Gasteiger partial charge in [-0.15, -0.1) is 0 Å². The van der Waals surface area contributed by atoms with Crippen LogP contribution >= 0.6 is 0 Å². The fraction of sp³-hybridized carbons (Fsp3) is 1.00. The minimum Gasteiger partial charge on any atom is -0.391 e. The summed E-state index contributed by atoms with van der Waals surface area (Å²) in [6.07, 6.45) is 1.64. The second-order valence-electron chi connectivity index (χ2n) is 6.38. The molecule has 5 atom stereocenters. The third kappa shape index (κ3) is 1.66.